The minimum absolute atomic E-state index is 1.24. The molecular formula is C60H36. The molecule has 0 aliphatic heterocycles. The van der Waals surface area contributed by atoms with Crippen molar-refractivity contribution in [2.45, 2.75) is 13.8 Å². The van der Waals surface area contributed by atoms with Gasteiger partial charge in [0.2, 0.25) is 0 Å². The molecule has 0 aromatic heterocycles. The molecule has 276 valence electrons. The van der Waals surface area contributed by atoms with Crippen LogP contribution in [0.2, 0.25) is 0 Å². The van der Waals surface area contributed by atoms with Crippen molar-refractivity contribution in [3.8, 4) is 66.8 Å². The van der Waals surface area contributed by atoms with Crippen molar-refractivity contribution in [1.29, 1.82) is 0 Å². The van der Waals surface area contributed by atoms with Gasteiger partial charge < -0.3 is 0 Å². The minimum Gasteiger partial charge on any atom is -0.0616 e. The highest BCUT2D eigenvalue weighted by Crippen LogP contribution is 2.55. The Balaban J connectivity index is 1.15. The molecule has 12 aromatic carbocycles. The van der Waals surface area contributed by atoms with Crippen LogP contribution in [-0.2, 0) is 0 Å². The predicted molar refractivity (Wildman–Crippen MR) is 258 cm³/mol. The molecule has 0 fully saturated rings. The maximum atomic E-state index is 2.53. The predicted octanol–water partition coefficient (Wildman–Crippen LogP) is 17.0. The van der Waals surface area contributed by atoms with Gasteiger partial charge in [0.15, 0.2) is 0 Å². The molecule has 2 aliphatic rings. The van der Waals surface area contributed by atoms with Crippen molar-refractivity contribution in [2.24, 2.45) is 0 Å². The molecule has 0 amide bonds. The molecule has 60 heavy (non-hydrogen) atoms. The van der Waals surface area contributed by atoms with E-state index in [0.717, 1.165) is 0 Å². The second-order valence-electron chi connectivity index (χ2n) is 17.3. The first-order valence-corrected chi connectivity index (χ1v) is 21.2. The van der Waals surface area contributed by atoms with Gasteiger partial charge in [0.1, 0.15) is 0 Å². The second kappa shape index (κ2) is 11.6. The quantitative estimate of drug-likeness (QED) is 0.154. The van der Waals surface area contributed by atoms with Gasteiger partial charge in [0.05, 0.1) is 0 Å². The van der Waals surface area contributed by atoms with Crippen molar-refractivity contribution in [3.05, 3.63) is 193 Å². The Kier molecular flexibility index (Phi) is 6.25. The first-order valence-electron chi connectivity index (χ1n) is 21.2. The minimum atomic E-state index is 1.24. The fraction of sp³-hybridized carbons (Fsp3) is 0.0333. The van der Waals surface area contributed by atoms with Crippen molar-refractivity contribution in [1.82, 2.24) is 0 Å². The van der Waals surface area contributed by atoms with Crippen LogP contribution in [0.5, 0.6) is 0 Å². The molecular weight excluding hydrogens is 721 g/mol. The summed E-state index contributed by atoms with van der Waals surface area (Å²) in [5.74, 6) is 0. The molecule has 2 aliphatic carbocycles. The number of rotatable bonds is 2. The molecule has 0 heterocycles. The van der Waals surface area contributed by atoms with Crippen molar-refractivity contribution < 1.29 is 0 Å². The zero-order chi connectivity index (χ0) is 39.4. The summed E-state index contributed by atoms with van der Waals surface area (Å²) in [6.45, 7) is 4.36. The molecule has 0 nitrogen and oxygen atoms in total. The zero-order valence-electron chi connectivity index (χ0n) is 33.3. The maximum absolute atomic E-state index is 2.53. The average Bonchev–Trinajstić information content (AvgIpc) is 3.77. The van der Waals surface area contributed by atoms with Gasteiger partial charge in [-0.1, -0.05) is 145 Å². The van der Waals surface area contributed by atoms with Crippen LogP contribution in [0.15, 0.2) is 182 Å². The largest absolute Gasteiger partial charge is 0.0616 e. The van der Waals surface area contributed by atoms with Crippen LogP contribution in [0.1, 0.15) is 11.1 Å². The van der Waals surface area contributed by atoms with E-state index in [4.69, 9.17) is 0 Å². The Labute approximate surface area is 347 Å². The first-order chi connectivity index (χ1) is 29.6. The SMILES string of the molecule is Cc1ccc(-c2cc3c4cc5c(cc4c(-c4ccc(C)cc4)cc3c3cc4c(cc23)-c2cc3ccccc3c3cccc-4c23)-c2cc3ccccc3c3cccc-5c23)cc1. The Morgan fingerprint density at radius 1 is 0.217 bits per heavy atom. The van der Waals surface area contributed by atoms with E-state index >= 15 is 0 Å². The summed E-state index contributed by atoms with van der Waals surface area (Å²) in [4.78, 5) is 0. The third-order valence-electron chi connectivity index (χ3n) is 14.0. The fourth-order valence-corrected chi connectivity index (χ4v) is 11.2. The molecule has 0 spiro atoms. The summed E-state index contributed by atoms with van der Waals surface area (Å²) in [6.07, 6.45) is 0. The van der Waals surface area contributed by atoms with Crippen LogP contribution in [0.25, 0.3) is 142 Å². The Morgan fingerprint density at radius 2 is 0.567 bits per heavy atom. The Morgan fingerprint density at radius 3 is 1.02 bits per heavy atom. The van der Waals surface area contributed by atoms with E-state index < -0.39 is 0 Å². The molecule has 0 atom stereocenters. The van der Waals surface area contributed by atoms with Gasteiger partial charge in [0, 0.05) is 0 Å². The topological polar surface area (TPSA) is 0 Å². The van der Waals surface area contributed by atoms with Crippen molar-refractivity contribution in [2.75, 3.05) is 0 Å². The third-order valence-corrected chi connectivity index (χ3v) is 14.0. The smallest absolute Gasteiger partial charge is 0.00199 e. The Hall–Kier alpha value is -7.54. The van der Waals surface area contributed by atoms with Crippen LogP contribution in [-0.4, -0.2) is 0 Å². The van der Waals surface area contributed by atoms with Crippen molar-refractivity contribution in [3.63, 3.8) is 0 Å². The number of aryl methyl sites for hydroxylation is 2. The molecule has 0 heteroatoms. The number of hydrogen-bond donors (Lipinski definition) is 0. The first kappa shape index (κ1) is 32.4. The van der Waals surface area contributed by atoms with Crippen LogP contribution in [0, 0.1) is 13.8 Å². The summed E-state index contributed by atoms with van der Waals surface area (Å²) in [5.41, 5.74) is 18.2. The number of benzene rings is 12. The van der Waals surface area contributed by atoms with Gasteiger partial charge in [-0.15, -0.1) is 0 Å². The lowest BCUT2D eigenvalue weighted by molar-refractivity contribution is 1.47. The fourth-order valence-electron chi connectivity index (χ4n) is 11.2. The second-order valence-corrected chi connectivity index (χ2v) is 17.3. The van der Waals surface area contributed by atoms with E-state index in [1.807, 2.05) is 0 Å². The normalized spacial score (nSPS) is 12.5. The highest BCUT2D eigenvalue weighted by atomic mass is 14.3. The molecule has 0 unspecified atom stereocenters. The van der Waals surface area contributed by atoms with E-state index in [1.165, 1.54) is 153 Å². The van der Waals surface area contributed by atoms with Crippen LogP contribution >= 0.6 is 0 Å². The molecule has 0 bridgehead atoms. The summed E-state index contributed by atoms with van der Waals surface area (Å²) in [6, 6.07) is 69.8. The number of hydrogen-bond acceptors (Lipinski definition) is 0. The van der Waals surface area contributed by atoms with Gasteiger partial charge in [-0.25, -0.2) is 0 Å². The van der Waals surface area contributed by atoms with Crippen LogP contribution in [0.3, 0.4) is 0 Å². The monoisotopic (exact) mass is 756 g/mol. The Bertz CT molecular complexity index is 3660. The zero-order valence-corrected chi connectivity index (χ0v) is 33.3. The van der Waals surface area contributed by atoms with Gasteiger partial charge >= 0.3 is 0 Å². The third kappa shape index (κ3) is 4.25. The molecule has 0 N–H and O–H groups in total. The highest BCUT2D eigenvalue weighted by Gasteiger charge is 2.28. The summed E-state index contributed by atoms with van der Waals surface area (Å²) < 4.78 is 0. The van der Waals surface area contributed by atoms with Gasteiger partial charge in [-0.05, 0) is 205 Å². The molecule has 0 radical (unpaired) electrons. The lowest BCUT2D eigenvalue weighted by Crippen LogP contribution is -1.92. The summed E-state index contributed by atoms with van der Waals surface area (Å²) in [7, 11) is 0. The number of fused-ring (bicyclic) bond motifs is 15. The average molecular weight is 757 g/mol. The van der Waals surface area contributed by atoms with E-state index in [0.29, 0.717) is 0 Å². The van der Waals surface area contributed by atoms with Gasteiger partial charge in [0.25, 0.3) is 0 Å². The van der Waals surface area contributed by atoms with E-state index in [1.54, 1.807) is 0 Å². The maximum Gasteiger partial charge on any atom is -0.00199 e. The summed E-state index contributed by atoms with van der Waals surface area (Å²) in [5, 5.41) is 18.3. The van der Waals surface area contributed by atoms with E-state index in [-0.39, 0.29) is 0 Å². The van der Waals surface area contributed by atoms with E-state index in [2.05, 4.69) is 196 Å². The van der Waals surface area contributed by atoms with E-state index in [9.17, 15) is 0 Å². The van der Waals surface area contributed by atoms with Crippen LogP contribution in [0.4, 0.5) is 0 Å². The highest BCUT2D eigenvalue weighted by molar-refractivity contribution is 6.31. The molecule has 0 saturated heterocycles. The summed E-state index contributed by atoms with van der Waals surface area (Å²) >= 11 is 0. The van der Waals surface area contributed by atoms with Crippen LogP contribution < -0.4 is 0 Å². The lowest BCUT2D eigenvalue weighted by Gasteiger charge is -2.19. The molecule has 14 rings (SSSR count). The molecule has 0 saturated carbocycles. The van der Waals surface area contributed by atoms with Gasteiger partial charge in [-0.3, -0.25) is 0 Å². The lowest BCUT2D eigenvalue weighted by atomic mass is 9.84. The van der Waals surface area contributed by atoms with Gasteiger partial charge in [-0.2, -0.15) is 0 Å². The van der Waals surface area contributed by atoms with Crippen molar-refractivity contribution >= 4 is 75.4 Å². The standard InChI is InChI=1S/C60H36/c1-33-17-21-35(22-18-33)45-27-51-52(53-29-47-43-15-7-13-41-39-11-5-3-9-37(39)25-57(59(41)43)55(47)31-49(45)53)28-46(36-23-19-34(2)20-24-36)50-32-56-48(30-54(50)51)44-16-8-14-42-40-12-6-4-10-38(40)26-58(56)60(42)44/h3-32H,1-2H3. The molecule has 12 aromatic rings.